The highest BCUT2D eigenvalue weighted by atomic mass is 16.3. The molecule has 18 rings (SSSR count). The van der Waals surface area contributed by atoms with Gasteiger partial charge >= 0.3 is 6.85 Å². The number of anilines is 5. The fraction of sp³-hybridized carbons (Fsp3) is 0.333. The summed E-state index contributed by atoms with van der Waals surface area (Å²) in [6, 6.07) is 65.9. The standard InChI is InChI=1S/C78H75BN2O2/c1-46-31-50-32-47(2)43-78(42-46,45-50)57-24-28-68-61(37-57)64-38-65-59-19-13-14-20-70(59)83-75(65)74-73(64)79(81(68)58-25-21-55(22-26-58)77-30-29-52(49(4)44-77)33-48(3)41-77)66-40-72-63(62-34-53-17-11-12-18-54(53)35-71(62)82-72)39-69(66)80(74)67-27-23-56(76(5,6)7)36-60(67)51-15-9-8-10-16-51/h8-28,34-40,46-50,52H,29-33,41-45H2,1-7H3. The summed E-state index contributed by atoms with van der Waals surface area (Å²) in [6.45, 7) is 16.9. The Morgan fingerprint density at radius 3 is 1.98 bits per heavy atom. The molecule has 11 aromatic rings. The number of para-hydroxylation sites is 1. The van der Waals surface area contributed by atoms with Gasteiger partial charge in [0, 0.05) is 49.7 Å². The van der Waals surface area contributed by atoms with Crippen LogP contribution in [0.25, 0.3) is 76.9 Å². The lowest BCUT2D eigenvalue weighted by Crippen LogP contribution is -2.61. The van der Waals surface area contributed by atoms with Crippen molar-refractivity contribution < 1.29 is 8.83 Å². The Labute approximate surface area is 490 Å². The molecule has 5 fully saturated rings. The summed E-state index contributed by atoms with van der Waals surface area (Å²) in [5.74, 6) is 4.51. The molecule has 2 aliphatic heterocycles. The third-order valence-electron chi connectivity index (χ3n) is 22.1. The first-order chi connectivity index (χ1) is 40.3. The van der Waals surface area contributed by atoms with E-state index in [0.29, 0.717) is 11.8 Å². The van der Waals surface area contributed by atoms with E-state index in [1.54, 1.807) is 0 Å². The molecule has 0 N–H and O–H groups in total. The Hall–Kier alpha value is -7.50. The summed E-state index contributed by atoms with van der Waals surface area (Å²) in [4.78, 5) is 5.39. The largest absolute Gasteiger partial charge is 0.456 e. The number of fused-ring (bicyclic) bond motifs is 18. The van der Waals surface area contributed by atoms with Crippen molar-refractivity contribution in [2.75, 3.05) is 9.71 Å². The highest BCUT2D eigenvalue weighted by Crippen LogP contribution is 2.59. The molecule has 412 valence electrons. The highest BCUT2D eigenvalue weighted by Gasteiger charge is 2.51. The van der Waals surface area contributed by atoms with E-state index in [1.807, 2.05) is 0 Å². The summed E-state index contributed by atoms with van der Waals surface area (Å²) in [5, 5.41) is 6.93. The van der Waals surface area contributed by atoms with Gasteiger partial charge < -0.3 is 18.5 Å². The molecular formula is C78H75BN2O2. The molecule has 0 saturated heterocycles. The van der Waals surface area contributed by atoms with Crippen LogP contribution in [0, 0.1) is 35.5 Å². The molecule has 4 nitrogen and oxygen atoms in total. The fourth-order valence-corrected chi connectivity index (χ4v) is 18.9. The Kier molecular flexibility index (Phi) is 10.9. The molecule has 83 heavy (non-hydrogen) atoms. The zero-order valence-corrected chi connectivity index (χ0v) is 49.5. The number of rotatable bonds is 5. The van der Waals surface area contributed by atoms with Crippen LogP contribution in [0.2, 0.25) is 0 Å². The van der Waals surface area contributed by atoms with Crippen LogP contribution >= 0.6 is 0 Å². The van der Waals surface area contributed by atoms with Crippen LogP contribution < -0.4 is 20.6 Å². The summed E-state index contributed by atoms with van der Waals surface area (Å²) < 4.78 is 14.7. The van der Waals surface area contributed by atoms with E-state index in [2.05, 4.69) is 228 Å². The maximum atomic E-state index is 7.49. The third-order valence-corrected chi connectivity index (χ3v) is 22.1. The molecule has 7 aliphatic rings. The highest BCUT2D eigenvalue weighted by molar-refractivity contribution is 6.94. The van der Waals surface area contributed by atoms with Gasteiger partial charge in [0.1, 0.15) is 16.7 Å². The molecule has 0 radical (unpaired) electrons. The minimum Gasteiger partial charge on any atom is -0.456 e. The first-order valence-electron chi connectivity index (χ1n) is 31.7. The molecule has 5 saturated carbocycles. The van der Waals surface area contributed by atoms with Crippen LogP contribution in [-0.4, -0.2) is 6.85 Å². The lowest BCUT2D eigenvalue weighted by atomic mass is 9.43. The van der Waals surface area contributed by atoms with Crippen LogP contribution in [0.1, 0.15) is 129 Å². The molecule has 6 unspecified atom stereocenters. The van der Waals surface area contributed by atoms with Gasteiger partial charge in [0.2, 0.25) is 0 Å². The molecule has 6 atom stereocenters. The third kappa shape index (κ3) is 7.57. The van der Waals surface area contributed by atoms with E-state index >= 15 is 0 Å². The minimum atomic E-state index is -0.239. The van der Waals surface area contributed by atoms with Gasteiger partial charge in [-0.3, -0.25) is 0 Å². The van der Waals surface area contributed by atoms with Crippen LogP contribution in [0.3, 0.4) is 0 Å². The molecule has 4 bridgehead atoms. The smallest absolute Gasteiger partial charge is 0.333 e. The molecule has 9 aromatic carbocycles. The Bertz CT molecular complexity index is 4440. The van der Waals surface area contributed by atoms with Gasteiger partial charge in [-0.1, -0.05) is 146 Å². The molecule has 0 spiro atoms. The van der Waals surface area contributed by atoms with Crippen molar-refractivity contribution in [3.05, 3.63) is 187 Å². The van der Waals surface area contributed by atoms with Gasteiger partial charge in [0.05, 0.1) is 11.4 Å². The number of hydrogen-bond acceptors (Lipinski definition) is 4. The van der Waals surface area contributed by atoms with Gasteiger partial charge in [-0.15, -0.1) is 0 Å². The van der Waals surface area contributed by atoms with Crippen molar-refractivity contribution >= 4 is 101 Å². The van der Waals surface area contributed by atoms with Crippen molar-refractivity contribution in [2.45, 2.75) is 129 Å². The Balaban J connectivity index is 0.995. The topological polar surface area (TPSA) is 32.8 Å². The second-order valence-corrected chi connectivity index (χ2v) is 28.8. The van der Waals surface area contributed by atoms with Crippen LogP contribution in [0.5, 0.6) is 0 Å². The van der Waals surface area contributed by atoms with Gasteiger partial charge in [-0.05, 0) is 238 Å². The van der Waals surface area contributed by atoms with Crippen molar-refractivity contribution in [2.24, 2.45) is 35.5 Å². The molecule has 0 amide bonds. The van der Waals surface area contributed by atoms with Crippen molar-refractivity contribution in [3.63, 3.8) is 0 Å². The molecule has 5 aliphatic carbocycles. The lowest BCUT2D eigenvalue weighted by Gasteiger charge is -2.51. The second-order valence-electron chi connectivity index (χ2n) is 28.8. The van der Waals surface area contributed by atoms with E-state index in [9.17, 15) is 0 Å². The van der Waals surface area contributed by atoms with Crippen LogP contribution in [0.15, 0.2) is 179 Å². The SMILES string of the molecule is CC1CC2CC(C)CC(c3ccc4c(c3)-c3cc5c(oc6ccccc65)c5c3B(c3cc6oc7cc8ccccc8cc7c6cc3N5c3ccc(C(C)(C)C)cc3-c3ccccc3)N4c3ccc(C45CCC(CC(C)C4)C(C)C5)cc3)(C1)C2. The zero-order chi connectivity index (χ0) is 55.8. The first-order valence-corrected chi connectivity index (χ1v) is 31.7. The number of nitrogens with zero attached hydrogens (tertiary/aromatic N) is 2. The fourth-order valence-electron chi connectivity index (χ4n) is 18.9. The quantitative estimate of drug-likeness (QED) is 0.161. The first kappa shape index (κ1) is 50.1. The molecule has 4 heterocycles. The van der Waals surface area contributed by atoms with Crippen molar-refractivity contribution in [1.82, 2.24) is 0 Å². The zero-order valence-electron chi connectivity index (χ0n) is 49.5. The Morgan fingerprint density at radius 1 is 0.506 bits per heavy atom. The summed E-state index contributed by atoms with van der Waals surface area (Å²) in [5.41, 5.74) is 21.7. The van der Waals surface area contributed by atoms with E-state index in [4.69, 9.17) is 8.83 Å². The van der Waals surface area contributed by atoms with Gasteiger partial charge in [0.15, 0.2) is 5.58 Å². The summed E-state index contributed by atoms with van der Waals surface area (Å²) in [7, 11) is 0. The van der Waals surface area contributed by atoms with Crippen molar-refractivity contribution in [1.29, 1.82) is 0 Å². The molecule has 5 heteroatoms. The minimum absolute atomic E-state index is 0.0789. The predicted octanol–water partition coefficient (Wildman–Crippen LogP) is 20.5. The van der Waals surface area contributed by atoms with Crippen molar-refractivity contribution in [3.8, 4) is 22.3 Å². The maximum absolute atomic E-state index is 7.49. The van der Waals surface area contributed by atoms with E-state index in [0.717, 1.165) is 84.6 Å². The monoisotopic (exact) mass is 1080 g/mol. The second kappa shape index (κ2) is 18.0. The summed E-state index contributed by atoms with van der Waals surface area (Å²) in [6.07, 6.45) is 13.1. The van der Waals surface area contributed by atoms with Gasteiger partial charge in [-0.25, -0.2) is 0 Å². The van der Waals surface area contributed by atoms with E-state index in [-0.39, 0.29) is 23.1 Å². The number of hydrogen-bond donors (Lipinski definition) is 0. The van der Waals surface area contributed by atoms with E-state index < -0.39 is 0 Å². The van der Waals surface area contributed by atoms with Crippen LogP contribution in [0.4, 0.5) is 28.4 Å². The van der Waals surface area contributed by atoms with Gasteiger partial charge in [-0.2, -0.15) is 0 Å². The molecule has 2 aromatic heterocycles. The maximum Gasteiger partial charge on any atom is 0.333 e. The van der Waals surface area contributed by atoms with Gasteiger partial charge in [0.25, 0.3) is 0 Å². The summed E-state index contributed by atoms with van der Waals surface area (Å²) >= 11 is 0. The predicted molar refractivity (Wildman–Crippen MR) is 350 cm³/mol. The van der Waals surface area contributed by atoms with Crippen LogP contribution in [-0.2, 0) is 16.2 Å². The number of furan rings is 2. The lowest BCUT2D eigenvalue weighted by molar-refractivity contribution is 0.0781. The Morgan fingerprint density at radius 2 is 1.19 bits per heavy atom. The average molecular weight is 1080 g/mol. The molecular weight excluding hydrogens is 1010 g/mol. The average Bonchev–Trinajstić information content (AvgIpc) is 2.15. The van der Waals surface area contributed by atoms with E-state index in [1.165, 1.54) is 136 Å². The normalized spacial score (nSPS) is 25.6. The number of benzene rings is 9.